The Kier molecular flexibility index (Phi) is 2.80. The molecule has 3 rings (SSSR count). The maximum atomic E-state index is 5.60. The summed E-state index contributed by atoms with van der Waals surface area (Å²) in [5.41, 5.74) is 0. The van der Waals surface area contributed by atoms with Gasteiger partial charge in [0, 0.05) is 13.2 Å². The SMILES string of the molecule is C1=C[C@H]2C[C@@H]1C[C@@H]2CNC[C@@H]1CCCO1. The van der Waals surface area contributed by atoms with E-state index in [0.717, 1.165) is 30.9 Å². The molecule has 15 heavy (non-hydrogen) atoms. The molecule has 0 aromatic rings. The molecule has 1 heterocycles. The predicted octanol–water partition coefficient (Wildman–Crippen LogP) is 1.97. The van der Waals surface area contributed by atoms with Gasteiger partial charge in [0.2, 0.25) is 0 Å². The van der Waals surface area contributed by atoms with E-state index in [1.54, 1.807) is 0 Å². The van der Waals surface area contributed by atoms with Crippen molar-refractivity contribution in [3.8, 4) is 0 Å². The van der Waals surface area contributed by atoms with Crippen LogP contribution in [-0.4, -0.2) is 25.8 Å². The van der Waals surface area contributed by atoms with Gasteiger partial charge in [-0.3, -0.25) is 0 Å². The van der Waals surface area contributed by atoms with Crippen molar-refractivity contribution in [1.29, 1.82) is 0 Å². The second-order valence-corrected chi connectivity index (χ2v) is 5.33. The maximum absolute atomic E-state index is 5.60. The summed E-state index contributed by atoms with van der Waals surface area (Å²) < 4.78 is 5.60. The largest absolute Gasteiger partial charge is 0.377 e. The van der Waals surface area contributed by atoms with Crippen LogP contribution in [0.2, 0.25) is 0 Å². The van der Waals surface area contributed by atoms with Crippen molar-refractivity contribution in [3.63, 3.8) is 0 Å². The molecule has 2 fully saturated rings. The molecule has 1 saturated carbocycles. The smallest absolute Gasteiger partial charge is 0.0700 e. The minimum Gasteiger partial charge on any atom is -0.377 e. The molecule has 0 aromatic carbocycles. The van der Waals surface area contributed by atoms with Gasteiger partial charge in [-0.15, -0.1) is 0 Å². The molecule has 0 spiro atoms. The van der Waals surface area contributed by atoms with Gasteiger partial charge in [-0.25, -0.2) is 0 Å². The molecule has 4 atom stereocenters. The third kappa shape index (κ3) is 2.11. The van der Waals surface area contributed by atoms with Crippen molar-refractivity contribution < 1.29 is 4.74 Å². The zero-order valence-electron chi connectivity index (χ0n) is 9.32. The predicted molar refractivity (Wildman–Crippen MR) is 60.7 cm³/mol. The average Bonchev–Trinajstić information content (AvgIpc) is 2.93. The van der Waals surface area contributed by atoms with Crippen molar-refractivity contribution in [3.05, 3.63) is 12.2 Å². The van der Waals surface area contributed by atoms with Gasteiger partial charge in [0.25, 0.3) is 0 Å². The van der Waals surface area contributed by atoms with Crippen molar-refractivity contribution in [2.75, 3.05) is 19.7 Å². The number of rotatable bonds is 4. The summed E-state index contributed by atoms with van der Waals surface area (Å²) in [7, 11) is 0. The number of hydrogen-bond acceptors (Lipinski definition) is 2. The van der Waals surface area contributed by atoms with Crippen molar-refractivity contribution in [2.24, 2.45) is 17.8 Å². The number of allylic oxidation sites excluding steroid dienone is 2. The number of hydrogen-bond donors (Lipinski definition) is 1. The Bertz CT molecular complexity index is 245. The minimum atomic E-state index is 0.499. The summed E-state index contributed by atoms with van der Waals surface area (Å²) in [4.78, 5) is 0. The Balaban J connectivity index is 1.38. The second kappa shape index (κ2) is 4.26. The third-order valence-corrected chi connectivity index (χ3v) is 4.22. The molecule has 1 N–H and O–H groups in total. The Hall–Kier alpha value is -0.340. The van der Waals surface area contributed by atoms with Crippen LogP contribution in [0.3, 0.4) is 0 Å². The quantitative estimate of drug-likeness (QED) is 0.712. The first-order valence-electron chi connectivity index (χ1n) is 6.42. The summed E-state index contributed by atoms with van der Waals surface area (Å²) in [6, 6.07) is 0. The molecule has 2 nitrogen and oxygen atoms in total. The maximum Gasteiger partial charge on any atom is 0.0700 e. The van der Waals surface area contributed by atoms with Gasteiger partial charge < -0.3 is 10.1 Å². The fourth-order valence-corrected chi connectivity index (χ4v) is 3.36. The molecule has 0 aromatic heterocycles. The van der Waals surface area contributed by atoms with Crippen LogP contribution >= 0.6 is 0 Å². The standard InChI is InChI=1S/C13H21NO/c1-2-13(15-5-1)9-14-8-12-7-10-3-4-11(12)6-10/h3-4,10-14H,1-2,5-9H2/t10-,11+,12-,13+/m1/s1. The van der Waals surface area contributed by atoms with Gasteiger partial charge in [-0.05, 0) is 50.0 Å². The lowest BCUT2D eigenvalue weighted by Crippen LogP contribution is -2.31. The lowest BCUT2D eigenvalue weighted by Gasteiger charge is -2.19. The van der Waals surface area contributed by atoms with E-state index in [-0.39, 0.29) is 0 Å². The third-order valence-electron chi connectivity index (χ3n) is 4.22. The van der Waals surface area contributed by atoms with E-state index in [1.807, 2.05) is 0 Å². The molecule has 1 aliphatic heterocycles. The topological polar surface area (TPSA) is 21.3 Å². The lowest BCUT2D eigenvalue weighted by atomic mass is 9.93. The summed E-state index contributed by atoms with van der Waals surface area (Å²) in [5.74, 6) is 2.69. The molecule has 2 heteroatoms. The van der Waals surface area contributed by atoms with E-state index in [4.69, 9.17) is 4.74 Å². The molecule has 0 radical (unpaired) electrons. The molecular formula is C13H21NO. The van der Waals surface area contributed by atoms with E-state index >= 15 is 0 Å². The van der Waals surface area contributed by atoms with Gasteiger partial charge in [-0.2, -0.15) is 0 Å². The Morgan fingerprint density at radius 3 is 2.87 bits per heavy atom. The first kappa shape index (κ1) is 9.86. The van der Waals surface area contributed by atoms with Crippen LogP contribution < -0.4 is 5.32 Å². The van der Waals surface area contributed by atoms with Crippen molar-refractivity contribution in [1.82, 2.24) is 5.32 Å². The van der Waals surface area contributed by atoms with E-state index < -0.39 is 0 Å². The number of nitrogens with one attached hydrogen (secondary N) is 1. The fourth-order valence-electron chi connectivity index (χ4n) is 3.36. The molecular weight excluding hydrogens is 186 g/mol. The van der Waals surface area contributed by atoms with Crippen LogP contribution in [0.4, 0.5) is 0 Å². The zero-order chi connectivity index (χ0) is 10.1. The molecule has 84 valence electrons. The fraction of sp³-hybridized carbons (Fsp3) is 0.846. The molecule has 2 bridgehead atoms. The number of fused-ring (bicyclic) bond motifs is 2. The van der Waals surface area contributed by atoms with Crippen LogP contribution in [-0.2, 0) is 4.74 Å². The zero-order valence-corrected chi connectivity index (χ0v) is 9.32. The highest BCUT2D eigenvalue weighted by Crippen LogP contribution is 2.42. The van der Waals surface area contributed by atoms with Crippen LogP contribution in [0.25, 0.3) is 0 Å². The first-order chi connectivity index (χ1) is 7.42. The van der Waals surface area contributed by atoms with Crippen LogP contribution in [0.5, 0.6) is 0 Å². The highest BCUT2D eigenvalue weighted by Gasteiger charge is 2.35. The van der Waals surface area contributed by atoms with Crippen LogP contribution in [0.15, 0.2) is 12.2 Å². The Labute approximate surface area is 92.1 Å². The normalized spacial score (nSPS) is 42.9. The number of ether oxygens (including phenoxy) is 1. The summed E-state index contributed by atoms with van der Waals surface area (Å²) in [6.07, 6.45) is 10.7. The van der Waals surface area contributed by atoms with Gasteiger partial charge in [0.05, 0.1) is 6.10 Å². The van der Waals surface area contributed by atoms with E-state index in [2.05, 4.69) is 17.5 Å². The highest BCUT2D eigenvalue weighted by atomic mass is 16.5. The van der Waals surface area contributed by atoms with Crippen LogP contribution in [0, 0.1) is 17.8 Å². The van der Waals surface area contributed by atoms with E-state index in [9.17, 15) is 0 Å². The Morgan fingerprint density at radius 1 is 1.20 bits per heavy atom. The minimum absolute atomic E-state index is 0.499. The van der Waals surface area contributed by atoms with Crippen molar-refractivity contribution in [2.45, 2.75) is 31.8 Å². The van der Waals surface area contributed by atoms with E-state index in [1.165, 1.54) is 32.2 Å². The molecule has 1 saturated heterocycles. The second-order valence-electron chi connectivity index (χ2n) is 5.33. The Morgan fingerprint density at radius 2 is 2.20 bits per heavy atom. The average molecular weight is 207 g/mol. The van der Waals surface area contributed by atoms with Gasteiger partial charge >= 0.3 is 0 Å². The van der Waals surface area contributed by atoms with E-state index in [0.29, 0.717) is 6.10 Å². The summed E-state index contributed by atoms with van der Waals surface area (Å²) in [5, 5.41) is 3.60. The highest BCUT2D eigenvalue weighted by molar-refractivity contribution is 5.10. The van der Waals surface area contributed by atoms with Crippen molar-refractivity contribution >= 4 is 0 Å². The van der Waals surface area contributed by atoms with Crippen LogP contribution in [0.1, 0.15) is 25.7 Å². The molecule has 0 unspecified atom stereocenters. The lowest BCUT2D eigenvalue weighted by molar-refractivity contribution is 0.109. The molecule has 2 aliphatic carbocycles. The monoisotopic (exact) mass is 207 g/mol. The summed E-state index contributed by atoms with van der Waals surface area (Å²) >= 11 is 0. The van der Waals surface area contributed by atoms with Gasteiger partial charge in [0.15, 0.2) is 0 Å². The molecule has 0 amide bonds. The van der Waals surface area contributed by atoms with Gasteiger partial charge in [0.1, 0.15) is 0 Å². The van der Waals surface area contributed by atoms with Gasteiger partial charge in [-0.1, -0.05) is 12.2 Å². The summed E-state index contributed by atoms with van der Waals surface area (Å²) in [6.45, 7) is 3.24. The molecule has 3 aliphatic rings. The first-order valence-corrected chi connectivity index (χ1v) is 6.42.